The van der Waals surface area contributed by atoms with E-state index in [0.717, 1.165) is 39.4 Å². The number of rotatable bonds is 12. The topological polar surface area (TPSA) is 89.8 Å². The molecule has 248 valence electrons. The van der Waals surface area contributed by atoms with Crippen molar-refractivity contribution in [2.45, 2.75) is 30.5 Å². The maximum Gasteiger partial charge on any atom is 0.166 e. The Hall–Kier alpha value is -5.35. The minimum atomic E-state index is -0.960. The van der Waals surface area contributed by atoms with Crippen LogP contribution in [0.25, 0.3) is 23.3 Å². The first-order valence-electron chi connectivity index (χ1n) is 16.2. The highest BCUT2D eigenvalue weighted by Gasteiger charge is 2.42. The molecule has 1 saturated heterocycles. The normalized spacial score (nSPS) is 17.9. The molecule has 1 aliphatic heterocycles. The van der Waals surface area contributed by atoms with Crippen LogP contribution in [-0.2, 0) is 19.8 Å². The number of hydrogen-bond donors (Lipinski definition) is 0. The molecule has 9 nitrogen and oxygen atoms in total. The Morgan fingerprint density at radius 3 is 1.96 bits per heavy atom. The Morgan fingerprint density at radius 2 is 1.35 bits per heavy atom. The summed E-state index contributed by atoms with van der Waals surface area (Å²) in [6.45, 7) is 0.288. The Bertz CT molecular complexity index is 1950. The largest absolute Gasteiger partial charge is 0.497 e. The predicted molar refractivity (Wildman–Crippen MR) is 188 cm³/mol. The van der Waals surface area contributed by atoms with Crippen LogP contribution in [0.15, 0.2) is 122 Å². The number of ether oxygens (including phenoxy) is 5. The number of benzene rings is 4. The molecular formula is C40H38N4O5. The summed E-state index contributed by atoms with van der Waals surface area (Å²) in [7, 11) is 5.03. The van der Waals surface area contributed by atoms with Gasteiger partial charge in [-0.15, -0.1) is 0 Å². The van der Waals surface area contributed by atoms with Gasteiger partial charge in [0.05, 0.1) is 39.0 Å². The standard InChI is InChI=1S/C40H38N4O5/c1-45-32-19-15-30(16-20-32)40(29-12-8-5-9-13-29,31-17-21-33(46-2)22-18-31)48-25-34-24-36(47-3)39(49-34)44-27-43-37-35(41-26-42-38(37)44)23-14-28-10-6-4-7-11-28/h4-23,26-27,34,36,39H,24-25H2,1-3H3/t34-,36-,39-/m1/s1. The summed E-state index contributed by atoms with van der Waals surface area (Å²) in [6, 6.07) is 36.3. The van der Waals surface area contributed by atoms with Crippen LogP contribution in [-0.4, -0.2) is 59.7 Å². The van der Waals surface area contributed by atoms with Gasteiger partial charge in [0.25, 0.3) is 0 Å². The van der Waals surface area contributed by atoms with Crippen molar-refractivity contribution in [2.24, 2.45) is 0 Å². The van der Waals surface area contributed by atoms with Crippen LogP contribution in [0.2, 0.25) is 0 Å². The number of imidazole rings is 1. The van der Waals surface area contributed by atoms with Gasteiger partial charge in [-0.1, -0.05) is 91.0 Å². The second-order valence-electron chi connectivity index (χ2n) is 11.8. The van der Waals surface area contributed by atoms with E-state index in [4.69, 9.17) is 28.7 Å². The third kappa shape index (κ3) is 6.44. The fourth-order valence-corrected chi connectivity index (χ4v) is 6.49. The molecule has 0 saturated carbocycles. The van der Waals surface area contributed by atoms with Crippen molar-refractivity contribution in [1.29, 1.82) is 0 Å². The average Bonchev–Trinajstić information content (AvgIpc) is 3.80. The monoisotopic (exact) mass is 654 g/mol. The summed E-state index contributed by atoms with van der Waals surface area (Å²) in [4.78, 5) is 13.8. The van der Waals surface area contributed by atoms with Crippen molar-refractivity contribution in [1.82, 2.24) is 19.5 Å². The molecule has 0 spiro atoms. The van der Waals surface area contributed by atoms with Crippen LogP contribution in [0.3, 0.4) is 0 Å². The van der Waals surface area contributed by atoms with Gasteiger partial charge in [-0.3, -0.25) is 4.57 Å². The first-order valence-corrected chi connectivity index (χ1v) is 16.2. The molecular weight excluding hydrogens is 616 g/mol. The molecule has 9 heteroatoms. The molecule has 0 aliphatic carbocycles. The molecule has 0 bridgehead atoms. The van der Waals surface area contributed by atoms with E-state index < -0.39 is 11.8 Å². The first kappa shape index (κ1) is 32.2. The molecule has 0 unspecified atom stereocenters. The van der Waals surface area contributed by atoms with E-state index in [2.05, 4.69) is 22.1 Å². The van der Waals surface area contributed by atoms with Gasteiger partial charge in [0.1, 0.15) is 35.0 Å². The molecule has 3 heterocycles. The third-order valence-corrected chi connectivity index (χ3v) is 9.00. The number of hydrogen-bond acceptors (Lipinski definition) is 8. The highest BCUT2D eigenvalue weighted by Crippen LogP contribution is 2.43. The van der Waals surface area contributed by atoms with Gasteiger partial charge in [-0.2, -0.15) is 0 Å². The van der Waals surface area contributed by atoms with E-state index in [1.165, 1.54) is 0 Å². The average molecular weight is 655 g/mol. The van der Waals surface area contributed by atoms with Crippen molar-refractivity contribution in [2.75, 3.05) is 27.9 Å². The molecule has 3 atom stereocenters. The molecule has 0 N–H and O–H groups in total. The van der Waals surface area contributed by atoms with Crippen molar-refractivity contribution < 1.29 is 23.7 Å². The van der Waals surface area contributed by atoms with E-state index in [-0.39, 0.29) is 18.8 Å². The Morgan fingerprint density at radius 1 is 0.735 bits per heavy atom. The van der Waals surface area contributed by atoms with Gasteiger partial charge >= 0.3 is 0 Å². The number of nitrogens with zero attached hydrogens (tertiary/aromatic N) is 4. The van der Waals surface area contributed by atoms with Crippen LogP contribution >= 0.6 is 0 Å². The predicted octanol–water partition coefficient (Wildman–Crippen LogP) is 7.33. The van der Waals surface area contributed by atoms with Crippen LogP contribution in [0.1, 0.15) is 40.6 Å². The molecule has 2 aromatic heterocycles. The number of fused-ring (bicyclic) bond motifs is 1. The highest BCUT2D eigenvalue weighted by atomic mass is 16.6. The zero-order valence-electron chi connectivity index (χ0n) is 27.7. The van der Waals surface area contributed by atoms with Crippen molar-refractivity contribution >= 4 is 23.3 Å². The smallest absolute Gasteiger partial charge is 0.166 e. The highest BCUT2D eigenvalue weighted by molar-refractivity contribution is 5.84. The second-order valence-corrected chi connectivity index (χ2v) is 11.8. The molecule has 49 heavy (non-hydrogen) atoms. The number of aromatic nitrogens is 4. The van der Waals surface area contributed by atoms with Crippen LogP contribution in [0.4, 0.5) is 0 Å². The maximum atomic E-state index is 7.14. The van der Waals surface area contributed by atoms with Crippen LogP contribution < -0.4 is 9.47 Å². The summed E-state index contributed by atoms with van der Waals surface area (Å²) in [6.07, 6.45) is 6.90. The zero-order chi connectivity index (χ0) is 33.6. The Balaban J connectivity index is 1.20. The van der Waals surface area contributed by atoms with Crippen molar-refractivity contribution in [3.63, 3.8) is 0 Å². The molecule has 7 rings (SSSR count). The van der Waals surface area contributed by atoms with Gasteiger partial charge in [-0.25, -0.2) is 15.0 Å². The summed E-state index contributed by atoms with van der Waals surface area (Å²) >= 11 is 0. The Kier molecular flexibility index (Phi) is 9.47. The van der Waals surface area contributed by atoms with Crippen LogP contribution in [0.5, 0.6) is 11.5 Å². The molecule has 1 fully saturated rings. The SMILES string of the molecule is COc1ccc(C(OC[C@H]2C[C@@H](OC)[C@H](n3cnc4c(C=Cc5ccccc5)ncnc43)O2)(c2ccccc2)c2ccc(OC)cc2)cc1. The third-order valence-electron chi connectivity index (χ3n) is 9.00. The minimum Gasteiger partial charge on any atom is -0.497 e. The lowest BCUT2D eigenvalue weighted by Crippen LogP contribution is -2.35. The molecule has 1 aliphatic rings. The Labute approximate surface area is 285 Å². The molecule has 0 radical (unpaired) electrons. The molecule has 0 amide bonds. The van der Waals surface area contributed by atoms with Gasteiger partial charge in [0.15, 0.2) is 11.9 Å². The lowest BCUT2D eigenvalue weighted by Gasteiger charge is -2.37. The molecule has 6 aromatic rings. The van der Waals surface area contributed by atoms with Gasteiger partial charge < -0.3 is 23.7 Å². The maximum absolute atomic E-state index is 7.14. The van der Waals surface area contributed by atoms with E-state index >= 15 is 0 Å². The van der Waals surface area contributed by atoms with E-state index in [9.17, 15) is 0 Å². The van der Waals surface area contributed by atoms with E-state index in [1.807, 2.05) is 114 Å². The molecule has 4 aromatic carbocycles. The lowest BCUT2D eigenvalue weighted by molar-refractivity contribution is -0.0886. The van der Waals surface area contributed by atoms with Gasteiger partial charge in [0, 0.05) is 13.5 Å². The van der Waals surface area contributed by atoms with Crippen molar-refractivity contribution in [3.8, 4) is 11.5 Å². The van der Waals surface area contributed by atoms with E-state index in [1.54, 1.807) is 34.0 Å². The summed E-state index contributed by atoms with van der Waals surface area (Å²) in [5.41, 5.74) is 5.10. The van der Waals surface area contributed by atoms with Gasteiger partial charge in [-0.05, 0) is 52.6 Å². The second kappa shape index (κ2) is 14.4. The fourth-order valence-electron chi connectivity index (χ4n) is 6.49. The summed E-state index contributed by atoms with van der Waals surface area (Å²) in [5, 5.41) is 0. The summed E-state index contributed by atoms with van der Waals surface area (Å²) < 4.78 is 32.8. The fraction of sp³-hybridized carbons (Fsp3) is 0.225. The lowest BCUT2D eigenvalue weighted by atomic mass is 9.80. The van der Waals surface area contributed by atoms with E-state index in [0.29, 0.717) is 17.6 Å². The first-order chi connectivity index (χ1) is 24.1. The minimum absolute atomic E-state index is 0.252. The van der Waals surface area contributed by atoms with Gasteiger partial charge in [0.2, 0.25) is 0 Å². The van der Waals surface area contributed by atoms with Crippen LogP contribution in [0, 0.1) is 0 Å². The quantitative estimate of drug-likeness (QED) is 0.127. The zero-order valence-corrected chi connectivity index (χ0v) is 27.7. The summed E-state index contributed by atoms with van der Waals surface area (Å²) in [5.74, 6) is 1.53. The van der Waals surface area contributed by atoms with Crippen molar-refractivity contribution in [3.05, 3.63) is 150 Å². The number of methoxy groups -OCH3 is 3.